The number of phenolic OH excluding ortho intramolecular Hbond substituents is 1. The zero-order valence-electron chi connectivity index (χ0n) is 19.0. The molecule has 0 unspecified atom stereocenters. The molecule has 3 aromatic rings. The summed E-state index contributed by atoms with van der Waals surface area (Å²) in [7, 11) is 3.99. The Kier molecular flexibility index (Phi) is 7.18. The van der Waals surface area contributed by atoms with E-state index < -0.39 is 0 Å². The number of nitrogens with zero attached hydrogens (tertiary/aromatic N) is 3. The number of amides is 1. The van der Waals surface area contributed by atoms with E-state index in [9.17, 15) is 9.90 Å². The van der Waals surface area contributed by atoms with Gasteiger partial charge in [-0.3, -0.25) is 4.79 Å². The minimum atomic E-state index is -0.0298. The van der Waals surface area contributed by atoms with Gasteiger partial charge < -0.3 is 20.6 Å². The van der Waals surface area contributed by atoms with Crippen LogP contribution in [0.25, 0.3) is 10.9 Å². The lowest BCUT2D eigenvalue weighted by Gasteiger charge is -2.29. The third-order valence-electron chi connectivity index (χ3n) is 6.15. The maximum Gasteiger partial charge on any atom is 0.225 e. The summed E-state index contributed by atoms with van der Waals surface area (Å²) in [6, 6.07) is 13.2. The maximum absolute atomic E-state index is 12.3. The molecule has 1 fully saturated rings. The number of aromatic nitrogens is 2. The van der Waals surface area contributed by atoms with E-state index in [1.165, 1.54) is 6.07 Å². The number of carbonyl (C=O) groups excluding carboxylic acids is 1. The zero-order chi connectivity index (χ0) is 23.4. The Hall–Kier alpha value is -3.06. The second-order valence-corrected chi connectivity index (χ2v) is 9.32. The number of hydrogen-bond acceptors (Lipinski definition) is 6. The van der Waals surface area contributed by atoms with Crippen LogP contribution in [0.15, 0.2) is 42.5 Å². The van der Waals surface area contributed by atoms with Gasteiger partial charge in [-0.15, -0.1) is 0 Å². The van der Waals surface area contributed by atoms with Crippen LogP contribution in [0.2, 0.25) is 5.02 Å². The molecule has 0 spiro atoms. The lowest BCUT2D eigenvalue weighted by atomic mass is 9.86. The first kappa shape index (κ1) is 23.1. The summed E-state index contributed by atoms with van der Waals surface area (Å²) in [5.41, 5.74) is 1.72. The van der Waals surface area contributed by atoms with E-state index >= 15 is 0 Å². The minimum Gasteiger partial charge on any atom is -0.506 e. The molecule has 1 amide bonds. The Bertz CT molecular complexity index is 1130. The molecule has 0 bridgehead atoms. The van der Waals surface area contributed by atoms with Crippen LogP contribution in [0.1, 0.15) is 31.2 Å². The van der Waals surface area contributed by atoms with E-state index in [1.807, 2.05) is 43.3 Å². The Morgan fingerprint density at radius 1 is 1.12 bits per heavy atom. The number of benzene rings is 2. The van der Waals surface area contributed by atoms with Crippen LogP contribution < -0.4 is 15.5 Å². The van der Waals surface area contributed by atoms with Gasteiger partial charge in [-0.25, -0.2) is 4.98 Å². The van der Waals surface area contributed by atoms with Gasteiger partial charge in [0.25, 0.3) is 0 Å². The van der Waals surface area contributed by atoms with Crippen molar-refractivity contribution in [3.8, 4) is 5.75 Å². The molecule has 1 aromatic heterocycles. The predicted molar refractivity (Wildman–Crippen MR) is 133 cm³/mol. The molecule has 0 atom stereocenters. The van der Waals surface area contributed by atoms with Crippen molar-refractivity contribution in [2.24, 2.45) is 5.92 Å². The molecule has 0 radical (unpaired) electrons. The number of rotatable bonds is 7. The summed E-state index contributed by atoms with van der Waals surface area (Å²) in [5, 5.41) is 17.4. The van der Waals surface area contributed by atoms with E-state index in [0.29, 0.717) is 24.5 Å². The Balaban J connectivity index is 1.27. The van der Waals surface area contributed by atoms with Crippen molar-refractivity contribution in [1.29, 1.82) is 0 Å². The molecule has 33 heavy (non-hydrogen) atoms. The normalized spacial score (nSPS) is 18.2. The van der Waals surface area contributed by atoms with Gasteiger partial charge in [-0.1, -0.05) is 29.8 Å². The van der Waals surface area contributed by atoms with Crippen molar-refractivity contribution in [1.82, 2.24) is 15.3 Å². The van der Waals surface area contributed by atoms with E-state index in [1.54, 1.807) is 12.1 Å². The van der Waals surface area contributed by atoms with Gasteiger partial charge in [0.05, 0.1) is 17.0 Å². The highest BCUT2D eigenvalue weighted by Gasteiger charge is 2.23. The summed E-state index contributed by atoms with van der Waals surface area (Å²) in [5.74, 6) is 2.04. The van der Waals surface area contributed by atoms with Crippen molar-refractivity contribution in [2.75, 3.05) is 30.9 Å². The third kappa shape index (κ3) is 5.85. The summed E-state index contributed by atoms with van der Waals surface area (Å²) in [6.07, 6.45) is 4.36. The van der Waals surface area contributed by atoms with Crippen molar-refractivity contribution in [3.05, 3.63) is 53.1 Å². The quantitative estimate of drug-likeness (QED) is 0.477. The number of para-hydroxylation sites is 1. The predicted octanol–water partition coefficient (Wildman–Crippen LogP) is 4.38. The second kappa shape index (κ2) is 10.3. The van der Waals surface area contributed by atoms with Crippen LogP contribution in [0.5, 0.6) is 5.75 Å². The first-order valence-corrected chi connectivity index (χ1v) is 11.7. The number of carbonyl (C=O) groups is 1. The highest BCUT2D eigenvalue weighted by molar-refractivity contribution is 6.32. The summed E-state index contributed by atoms with van der Waals surface area (Å²) in [4.78, 5) is 23.8. The average molecular weight is 468 g/mol. The number of nitrogens with one attached hydrogen (secondary N) is 2. The van der Waals surface area contributed by atoms with Crippen molar-refractivity contribution in [2.45, 2.75) is 38.1 Å². The van der Waals surface area contributed by atoms with Crippen LogP contribution in [-0.2, 0) is 11.2 Å². The number of aromatic hydroxyl groups is 1. The van der Waals surface area contributed by atoms with Gasteiger partial charge in [-0.05, 0) is 61.4 Å². The van der Waals surface area contributed by atoms with E-state index in [4.69, 9.17) is 21.6 Å². The molecule has 3 N–H and O–H groups in total. The molecule has 4 rings (SSSR count). The number of hydrogen-bond donors (Lipinski definition) is 3. The van der Waals surface area contributed by atoms with E-state index in [0.717, 1.165) is 48.0 Å². The molecular weight excluding hydrogens is 438 g/mol. The summed E-state index contributed by atoms with van der Waals surface area (Å²) >= 11 is 5.92. The van der Waals surface area contributed by atoms with Crippen molar-refractivity contribution >= 4 is 40.2 Å². The second-order valence-electron chi connectivity index (χ2n) is 8.91. The van der Waals surface area contributed by atoms with Gasteiger partial charge in [0.2, 0.25) is 11.9 Å². The zero-order valence-corrected chi connectivity index (χ0v) is 19.8. The molecule has 1 aliphatic carbocycles. The maximum atomic E-state index is 12.3. The molecule has 1 heterocycles. The average Bonchev–Trinajstić information content (AvgIpc) is 2.80. The molecule has 174 valence electrons. The molecule has 8 heteroatoms. The largest absolute Gasteiger partial charge is 0.506 e. The van der Waals surface area contributed by atoms with Gasteiger partial charge in [0.1, 0.15) is 11.6 Å². The number of phenols is 1. The lowest BCUT2D eigenvalue weighted by molar-refractivity contribution is -0.120. The number of anilines is 2. The topological polar surface area (TPSA) is 90.4 Å². The minimum absolute atomic E-state index is 0.0261. The van der Waals surface area contributed by atoms with Crippen LogP contribution in [0, 0.1) is 5.92 Å². The van der Waals surface area contributed by atoms with Crippen molar-refractivity contribution in [3.63, 3.8) is 0 Å². The van der Waals surface area contributed by atoms with E-state index in [-0.39, 0.29) is 23.1 Å². The van der Waals surface area contributed by atoms with Crippen LogP contribution >= 0.6 is 11.6 Å². The Labute approximate surface area is 199 Å². The fourth-order valence-electron chi connectivity index (χ4n) is 4.33. The molecule has 0 saturated heterocycles. The van der Waals surface area contributed by atoms with Crippen molar-refractivity contribution < 1.29 is 9.90 Å². The standard InChI is InChI=1S/C25H30ClN5O2/c1-31(2)24-19-5-3-4-6-21(19)29-25(30-24)28-18-10-7-16(8-11-18)15-27-23(33)14-17-9-12-22(32)20(26)13-17/h3-6,9,12-13,16,18,32H,7-8,10-11,14-15H2,1-2H3,(H,27,33)(H,28,29,30). The number of fused-ring (bicyclic) bond motifs is 1. The highest BCUT2D eigenvalue weighted by atomic mass is 35.5. The van der Waals surface area contributed by atoms with Gasteiger partial charge in [0.15, 0.2) is 0 Å². The van der Waals surface area contributed by atoms with Gasteiger partial charge in [0, 0.05) is 32.1 Å². The molecule has 7 nitrogen and oxygen atoms in total. The number of halogens is 1. The smallest absolute Gasteiger partial charge is 0.225 e. The third-order valence-corrected chi connectivity index (χ3v) is 6.45. The molecular formula is C25H30ClN5O2. The summed E-state index contributed by atoms with van der Waals surface area (Å²) < 4.78 is 0. The Morgan fingerprint density at radius 3 is 2.61 bits per heavy atom. The lowest BCUT2D eigenvalue weighted by Crippen LogP contribution is -2.34. The van der Waals surface area contributed by atoms with Crippen LogP contribution in [-0.4, -0.2) is 47.7 Å². The first-order valence-electron chi connectivity index (χ1n) is 11.3. The van der Waals surface area contributed by atoms with E-state index in [2.05, 4.69) is 10.6 Å². The van der Waals surface area contributed by atoms with Crippen LogP contribution in [0.4, 0.5) is 11.8 Å². The monoisotopic (exact) mass is 467 g/mol. The summed E-state index contributed by atoms with van der Waals surface area (Å²) in [6.45, 7) is 0.675. The molecule has 1 aliphatic rings. The molecule has 2 aromatic carbocycles. The molecule has 1 saturated carbocycles. The van der Waals surface area contributed by atoms with Crippen LogP contribution in [0.3, 0.4) is 0 Å². The van der Waals surface area contributed by atoms with Gasteiger partial charge >= 0.3 is 0 Å². The fraction of sp³-hybridized carbons (Fsp3) is 0.400. The highest BCUT2D eigenvalue weighted by Crippen LogP contribution is 2.28. The first-order chi connectivity index (χ1) is 15.9. The Morgan fingerprint density at radius 2 is 1.88 bits per heavy atom. The molecule has 0 aliphatic heterocycles. The van der Waals surface area contributed by atoms with Gasteiger partial charge in [-0.2, -0.15) is 4.98 Å². The SMILES string of the molecule is CN(C)c1nc(NC2CCC(CNC(=O)Cc3ccc(O)c(Cl)c3)CC2)nc2ccccc12. The fourth-order valence-corrected chi connectivity index (χ4v) is 4.53.